The van der Waals surface area contributed by atoms with Crippen molar-refractivity contribution in [2.45, 2.75) is 13.8 Å². The van der Waals surface area contributed by atoms with Crippen LogP contribution in [0, 0.1) is 18.6 Å². The number of fused-ring (bicyclic) bond motifs is 1. The van der Waals surface area contributed by atoms with E-state index in [1.54, 1.807) is 17.1 Å². The van der Waals surface area contributed by atoms with Gasteiger partial charge in [0, 0.05) is 24.0 Å². The number of carbonyl (C=O) groups excluding carboxylic acids is 1. The smallest absolute Gasteiger partial charge is 0.306 e. The van der Waals surface area contributed by atoms with Crippen LogP contribution >= 0.6 is 11.6 Å². The molecule has 0 bridgehead atoms. The quantitative estimate of drug-likeness (QED) is 0.360. The lowest BCUT2D eigenvalue weighted by molar-refractivity contribution is 0.102. The number of amides is 1. The van der Waals surface area contributed by atoms with E-state index in [4.69, 9.17) is 29.9 Å². The molecule has 0 atom stereocenters. The Morgan fingerprint density at radius 1 is 1.00 bits per heavy atom. The second-order valence-electron chi connectivity index (χ2n) is 7.67. The lowest BCUT2D eigenvalue weighted by Gasteiger charge is -2.08. The van der Waals surface area contributed by atoms with Crippen LogP contribution in [0.5, 0.6) is 0 Å². The molecule has 5 rings (SSSR count). The summed E-state index contributed by atoms with van der Waals surface area (Å²) in [5.74, 6) is 0.711. The van der Waals surface area contributed by atoms with E-state index in [2.05, 4.69) is 20.4 Å². The minimum absolute atomic E-state index is 0.322. The first kappa shape index (κ1) is 24.7. The van der Waals surface area contributed by atoms with E-state index in [9.17, 15) is 4.79 Å². The van der Waals surface area contributed by atoms with Gasteiger partial charge in [0.1, 0.15) is 11.4 Å². The number of carbonyl (C=O) groups is 1. The van der Waals surface area contributed by atoms with Crippen LogP contribution in [0.1, 0.15) is 21.5 Å². The molecule has 1 aromatic carbocycles. The van der Waals surface area contributed by atoms with Crippen LogP contribution in [0.3, 0.4) is 0 Å². The maximum atomic E-state index is 13.1. The third kappa shape index (κ3) is 5.62. The van der Waals surface area contributed by atoms with Gasteiger partial charge in [-0.2, -0.15) is 28.1 Å². The Balaban J connectivity index is 0.000000709. The molecule has 0 aliphatic heterocycles. The van der Waals surface area contributed by atoms with Crippen molar-refractivity contribution in [2.75, 3.05) is 5.32 Å². The first-order valence-electron chi connectivity index (χ1n) is 10.4. The summed E-state index contributed by atoms with van der Waals surface area (Å²) >= 11 is 5.97. The predicted octanol–water partition coefficient (Wildman–Crippen LogP) is 4.13. The molecule has 36 heavy (non-hydrogen) atoms. The number of pyridine rings is 1. The molecule has 0 spiro atoms. The summed E-state index contributed by atoms with van der Waals surface area (Å²) in [5.41, 5.74) is 4.56. The minimum Gasteiger partial charge on any atom is -0.306 e. The van der Waals surface area contributed by atoms with Crippen molar-refractivity contribution in [2.24, 2.45) is 0 Å². The molecule has 0 aliphatic rings. The molecular weight excluding hydrogens is 504 g/mol. The molecule has 0 saturated carbocycles. The summed E-state index contributed by atoms with van der Waals surface area (Å²) in [6.45, 7) is 3.99. The van der Waals surface area contributed by atoms with Crippen LogP contribution in [0.2, 0.25) is 5.02 Å². The monoisotopic (exact) mass is 522 g/mol. The van der Waals surface area contributed by atoms with E-state index in [1.807, 2.05) is 56.3 Å². The SMILES string of the molecule is Cc1ccc(-c2cc(NC(=O)c3cnn4cc(Cl)cnc34)n(-c3ccc(C)cn3)n2)cc1.N=S(=O)=O. The number of benzene rings is 1. The van der Waals surface area contributed by atoms with E-state index < -0.39 is 10.5 Å². The van der Waals surface area contributed by atoms with Crippen molar-refractivity contribution in [3.05, 3.63) is 89.0 Å². The van der Waals surface area contributed by atoms with Crippen LogP contribution < -0.4 is 5.32 Å². The number of rotatable bonds is 4. The van der Waals surface area contributed by atoms with Crippen molar-refractivity contribution in [1.82, 2.24) is 29.4 Å². The number of hydrogen-bond acceptors (Lipinski definition) is 8. The summed E-state index contributed by atoms with van der Waals surface area (Å²) in [6, 6.07) is 13.7. The maximum absolute atomic E-state index is 13.1. The molecule has 11 nitrogen and oxygen atoms in total. The van der Waals surface area contributed by atoms with Crippen LogP contribution in [0.4, 0.5) is 5.82 Å². The first-order valence-corrected chi connectivity index (χ1v) is 11.9. The van der Waals surface area contributed by atoms with Crippen LogP contribution in [-0.4, -0.2) is 43.7 Å². The highest BCUT2D eigenvalue weighted by atomic mass is 35.5. The highest BCUT2D eigenvalue weighted by molar-refractivity contribution is 7.60. The van der Waals surface area contributed by atoms with E-state index in [1.165, 1.54) is 16.9 Å². The Hall–Kier alpha value is -4.42. The molecule has 0 fully saturated rings. The second-order valence-corrected chi connectivity index (χ2v) is 8.58. The number of aryl methyl sites for hydroxylation is 2. The maximum Gasteiger partial charge on any atom is 0.308 e. The van der Waals surface area contributed by atoms with Gasteiger partial charge in [0.25, 0.3) is 5.91 Å². The van der Waals surface area contributed by atoms with Gasteiger partial charge < -0.3 is 5.32 Å². The molecule has 182 valence electrons. The van der Waals surface area contributed by atoms with Crippen molar-refractivity contribution < 1.29 is 13.2 Å². The molecule has 4 aromatic heterocycles. The van der Waals surface area contributed by atoms with E-state index in [-0.39, 0.29) is 5.91 Å². The summed E-state index contributed by atoms with van der Waals surface area (Å²) in [4.78, 5) is 21.8. The molecular formula is C23H19ClN8O3S. The Bertz CT molecular complexity index is 1660. The fourth-order valence-electron chi connectivity index (χ4n) is 3.29. The summed E-state index contributed by atoms with van der Waals surface area (Å²) in [6.07, 6.45) is 6.29. The molecule has 1 amide bonds. The van der Waals surface area contributed by atoms with Crippen LogP contribution in [-0.2, 0) is 10.5 Å². The van der Waals surface area contributed by atoms with Crippen molar-refractivity contribution in [1.29, 1.82) is 4.78 Å². The average Bonchev–Trinajstić information content (AvgIpc) is 3.44. The van der Waals surface area contributed by atoms with Gasteiger partial charge in [-0.25, -0.2) is 14.5 Å². The molecule has 2 N–H and O–H groups in total. The molecule has 0 saturated heterocycles. The van der Waals surface area contributed by atoms with Gasteiger partial charge in [0.15, 0.2) is 11.5 Å². The zero-order valence-electron chi connectivity index (χ0n) is 19.0. The first-order chi connectivity index (χ1) is 17.2. The standard InChI is InChI=1S/C23H18ClN7O.HNO2S/c1-14-3-6-16(7-4-14)19-9-21(31(29-19)20-8-5-15(2)10-25-20)28-23(32)18-12-27-30-13-17(24)11-26-22(18)30;1-4(2)3/h3-13H,1-2H3,(H,28,32);1H. The minimum atomic E-state index is -2.61. The van der Waals surface area contributed by atoms with Crippen LogP contribution in [0.15, 0.2) is 67.3 Å². The van der Waals surface area contributed by atoms with Crippen molar-refractivity contribution in [3.8, 4) is 17.1 Å². The predicted molar refractivity (Wildman–Crippen MR) is 134 cm³/mol. The second kappa shape index (κ2) is 10.5. The number of halogens is 1. The van der Waals surface area contributed by atoms with Gasteiger partial charge in [-0.1, -0.05) is 47.5 Å². The summed E-state index contributed by atoms with van der Waals surface area (Å²) < 4.78 is 25.9. The topological polar surface area (TPSA) is 148 Å². The van der Waals surface area contributed by atoms with Gasteiger partial charge in [-0.3, -0.25) is 4.79 Å². The fourth-order valence-corrected chi connectivity index (χ4v) is 3.43. The molecule has 5 aromatic rings. The van der Waals surface area contributed by atoms with Gasteiger partial charge in [-0.05, 0) is 25.5 Å². The van der Waals surface area contributed by atoms with E-state index >= 15 is 0 Å². The van der Waals surface area contributed by atoms with Crippen molar-refractivity contribution >= 4 is 39.5 Å². The normalized spacial score (nSPS) is 10.5. The zero-order valence-corrected chi connectivity index (χ0v) is 20.6. The molecule has 0 aliphatic carbocycles. The Morgan fingerprint density at radius 2 is 1.69 bits per heavy atom. The number of hydrogen-bond donors (Lipinski definition) is 2. The molecule has 0 unspecified atom stereocenters. The lowest BCUT2D eigenvalue weighted by atomic mass is 10.1. The van der Waals surface area contributed by atoms with E-state index in [0.29, 0.717) is 33.6 Å². The van der Waals surface area contributed by atoms with Crippen molar-refractivity contribution in [3.63, 3.8) is 0 Å². The average molecular weight is 523 g/mol. The van der Waals surface area contributed by atoms with E-state index in [0.717, 1.165) is 16.7 Å². The molecule has 4 heterocycles. The largest absolute Gasteiger partial charge is 0.308 e. The zero-order chi connectivity index (χ0) is 25.8. The number of nitrogens with zero attached hydrogens (tertiary/aromatic N) is 6. The highest BCUT2D eigenvalue weighted by Gasteiger charge is 2.19. The Morgan fingerprint density at radius 3 is 2.36 bits per heavy atom. The van der Waals surface area contributed by atoms with Gasteiger partial charge in [0.2, 0.25) is 0 Å². The Kier molecular flexibility index (Phi) is 7.17. The van der Waals surface area contributed by atoms with Gasteiger partial charge in [0.05, 0.1) is 23.1 Å². The number of aromatic nitrogens is 6. The highest BCUT2D eigenvalue weighted by Crippen LogP contribution is 2.25. The third-order valence-electron chi connectivity index (χ3n) is 4.98. The summed E-state index contributed by atoms with van der Waals surface area (Å²) in [5, 5.41) is 12.2. The molecule has 0 radical (unpaired) electrons. The van der Waals surface area contributed by atoms with Gasteiger partial charge in [-0.15, -0.1) is 0 Å². The lowest BCUT2D eigenvalue weighted by Crippen LogP contribution is -2.15. The van der Waals surface area contributed by atoms with Gasteiger partial charge >= 0.3 is 10.5 Å². The van der Waals surface area contributed by atoms with Crippen LogP contribution in [0.25, 0.3) is 22.7 Å². The summed E-state index contributed by atoms with van der Waals surface area (Å²) in [7, 11) is -2.61. The Labute approximate surface area is 211 Å². The number of nitrogens with one attached hydrogen (secondary N) is 2. The number of anilines is 1. The molecule has 13 heteroatoms. The fraction of sp³-hybridized carbons (Fsp3) is 0.0870. The third-order valence-corrected chi connectivity index (χ3v) is 5.18.